The SMILES string of the molecule is CNc1cc(N(C)C)c2c(c1O)C(=O)C1C(=O)[C@]3(O)C(=O)C(C(N)=O)C(=O)C[C@@H]3C[C@@H]1[C@@]2(C)O. The highest BCUT2D eigenvalue weighted by molar-refractivity contribution is 6.31. The Labute approximate surface area is 194 Å². The molecule has 2 unspecified atom stereocenters. The van der Waals surface area contributed by atoms with Crippen molar-refractivity contribution < 1.29 is 39.3 Å². The van der Waals surface area contributed by atoms with Gasteiger partial charge in [-0.1, -0.05) is 0 Å². The molecule has 0 bridgehead atoms. The number of carbonyl (C=O) groups is 5. The number of aromatic hydroxyl groups is 1. The summed E-state index contributed by atoms with van der Waals surface area (Å²) in [6, 6.07) is 1.56. The molecule has 0 saturated heterocycles. The van der Waals surface area contributed by atoms with E-state index in [0.29, 0.717) is 5.69 Å². The van der Waals surface area contributed by atoms with E-state index >= 15 is 0 Å². The highest BCUT2D eigenvalue weighted by Gasteiger charge is 2.69. The molecule has 4 rings (SSSR count). The number of phenolic OH excluding ortho intramolecular Hbond substituents is 1. The molecule has 0 radical (unpaired) electrons. The van der Waals surface area contributed by atoms with E-state index in [9.17, 15) is 39.3 Å². The van der Waals surface area contributed by atoms with Crippen LogP contribution in [0.1, 0.15) is 35.7 Å². The summed E-state index contributed by atoms with van der Waals surface area (Å²) in [5.41, 5.74) is 0.982. The number of phenols is 1. The van der Waals surface area contributed by atoms with Gasteiger partial charge in [0.2, 0.25) is 5.91 Å². The molecule has 2 saturated carbocycles. The maximum atomic E-state index is 13.7. The second-order valence-electron chi connectivity index (χ2n) is 9.72. The highest BCUT2D eigenvalue weighted by atomic mass is 16.3. The van der Waals surface area contributed by atoms with Crippen LogP contribution in [0.3, 0.4) is 0 Å². The fourth-order valence-corrected chi connectivity index (χ4v) is 5.95. The van der Waals surface area contributed by atoms with Crippen molar-refractivity contribution in [2.45, 2.75) is 31.0 Å². The number of primary amides is 1. The third kappa shape index (κ3) is 2.80. The van der Waals surface area contributed by atoms with E-state index in [2.05, 4.69) is 5.32 Å². The molecule has 3 aliphatic rings. The summed E-state index contributed by atoms with van der Waals surface area (Å²) >= 11 is 0. The molecule has 1 aromatic rings. The monoisotopic (exact) mass is 473 g/mol. The van der Waals surface area contributed by atoms with Crippen molar-refractivity contribution in [3.8, 4) is 5.75 Å². The molecule has 2 fully saturated rings. The summed E-state index contributed by atoms with van der Waals surface area (Å²) in [7, 11) is 4.90. The van der Waals surface area contributed by atoms with Gasteiger partial charge in [-0.05, 0) is 19.4 Å². The first kappa shape index (κ1) is 23.8. The molecular formula is C23H27N3O8. The third-order valence-electron chi connectivity index (χ3n) is 7.67. The fraction of sp³-hybridized carbons (Fsp3) is 0.522. The van der Waals surface area contributed by atoms with Crippen LogP contribution >= 0.6 is 0 Å². The van der Waals surface area contributed by atoms with Gasteiger partial charge in [-0.25, -0.2) is 0 Å². The number of fused-ring (bicyclic) bond motifs is 3. The van der Waals surface area contributed by atoms with Crippen molar-refractivity contribution in [3.63, 3.8) is 0 Å². The van der Waals surface area contributed by atoms with Gasteiger partial charge in [-0.2, -0.15) is 0 Å². The first-order chi connectivity index (χ1) is 15.7. The van der Waals surface area contributed by atoms with E-state index < -0.39 is 76.1 Å². The Kier molecular flexibility index (Phi) is 5.15. The average Bonchev–Trinajstić information content (AvgIpc) is 2.73. The van der Waals surface area contributed by atoms with E-state index in [1.54, 1.807) is 25.1 Å². The Morgan fingerprint density at radius 2 is 1.79 bits per heavy atom. The lowest BCUT2D eigenvalue weighted by Gasteiger charge is -2.53. The van der Waals surface area contributed by atoms with Gasteiger partial charge in [-0.3, -0.25) is 24.0 Å². The van der Waals surface area contributed by atoms with Crippen LogP contribution < -0.4 is 16.0 Å². The number of rotatable bonds is 3. The normalized spacial score (nSPS) is 34.8. The Morgan fingerprint density at radius 3 is 2.32 bits per heavy atom. The topological polar surface area (TPSA) is 187 Å². The molecule has 3 aliphatic carbocycles. The highest BCUT2D eigenvalue weighted by Crippen LogP contribution is 2.57. The van der Waals surface area contributed by atoms with Gasteiger partial charge in [0, 0.05) is 50.7 Å². The number of benzene rings is 1. The number of ketones is 4. The van der Waals surface area contributed by atoms with E-state index in [1.807, 2.05) is 0 Å². The van der Waals surface area contributed by atoms with Crippen LogP contribution in [0.25, 0.3) is 0 Å². The lowest BCUT2D eigenvalue weighted by molar-refractivity contribution is -0.182. The number of nitrogens with one attached hydrogen (secondary N) is 1. The van der Waals surface area contributed by atoms with Crippen molar-refractivity contribution in [1.82, 2.24) is 0 Å². The molecule has 0 aromatic heterocycles. The Bertz CT molecular complexity index is 1170. The quantitative estimate of drug-likeness (QED) is 0.272. The summed E-state index contributed by atoms with van der Waals surface area (Å²) in [5.74, 6) is -12.0. The summed E-state index contributed by atoms with van der Waals surface area (Å²) in [6.45, 7) is 1.40. The van der Waals surface area contributed by atoms with Crippen molar-refractivity contribution in [1.29, 1.82) is 0 Å². The summed E-state index contributed by atoms with van der Waals surface area (Å²) in [4.78, 5) is 66.2. The minimum atomic E-state index is -2.78. The van der Waals surface area contributed by atoms with Gasteiger partial charge in [0.25, 0.3) is 0 Å². The summed E-state index contributed by atoms with van der Waals surface area (Å²) in [5, 5.41) is 36.6. The van der Waals surface area contributed by atoms with Gasteiger partial charge < -0.3 is 31.3 Å². The number of carbonyl (C=O) groups excluding carboxylic acids is 5. The first-order valence-electron chi connectivity index (χ1n) is 10.9. The molecule has 182 valence electrons. The fourth-order valence-electron chi connectivity index (χ4n) is 5.95. The zero-order valence-corrected chi connectivity index (χ0v) is 19.2. The van der Waals surface area contributed by atoms with Gasteiger partial charge >= 0.3 is 0 Å². The summed E-state index contributed by atoms with van der Waals surface area (Å²) < 4.78 is 0. The Hall–Kier alpha value is -3.31. The van der Waals surface area contributed by atoms with Crippen LogP contribution in [-0.2, 0) is 24.8 Å². The molecule has 6 atom stereocenters. The largest absolute Gasteiger partial charge is 0.505 e. The minimum absolute atomic E-state index is 0.113. The number of hydrogen-bond acceptors (Lipinski definition) is 10. The van der Waals surface area contributed by atoms with Crippen LogP contribution in [-0.4, -0.2) is 71.1 Å². The standard InChI is InChI=1S/C23H27N3O8/c1-22(33)9-5-8-6-12(27)14(21(24)32)20(31)23(8,34)19(30)13(9)18(29)15-16(22)11(26(3)4)7-10(25-2)17(15)28/h7-9,13-14,25,28,33-34H,5-6H2,1-4H3,(H2,24,32)/t8-,9-,13?,14?,22+,23-/m0/s1. The van der Waals surface area contributed by atoms with Gasteiger partial charge in [0.1, 0.15) is 5.75 Å². The maximum Gasteiger partial charge on any atom is 0.235 e. The lowest BCUT2D eigenvalue weighted by Crippen LogP contribution is -2.70. The van der Waals surface area contributed by atoms with Crippen LogP contribution in [0.5, 0.6) is 5.75 Å². The molecule has 0 aliphatic heterocycles. The van der Waals surface area contributed by atoms with Crippen LogP contribution in [0.4, 0.5) is 11.4 Å². The average molecular weight is 473 g/mol. The molecule has 6 N–H and O–H groups in total. The number of nitrogens with zero attached hydrogens (tertiary/aromatic N) is 1. The zero-order valence-electron chi connectivity index (χ0n) is 19.2. The Morgan fingerprint density at radius 1 is 1.18 bits per heavy atom. The molecule has 0 heterocycles. The van der Waals surface area contributed by atoms with E-state index in [4.69, 9.17) is 5.73 Å². The molecule has 1 aromatic carbocycles. The van der Waals surface area contributed by atoms with E-state index in [0.717, 1.165) is 0 Å². The van der Waals surface area contributed by atoms with Crippen molar-refractivity contribution in [2.24, 2.45) is 29.4 Å². The number of aliphatic hydroxyl groups is 2. The molecule has 34 heavy (non-hydrogen) atoms. The van der Waals surface area contributed by atoms with E-state index in [-0.39, 0.29) is 23.2 Å². The third-order valence-corrected chi connectivity index (χ3v) is 7.67. The van der Waals surface area contributed by atoms with Crippen molar-refractivity contribution in [2.75, 3.05) is 31.4 Å². The maximum absolute atomic E-state index is 13.7. The zero-order chi connectivity index (χ0) is 25.5. The van der Waals surface area contributed by atoms with Crippen molar-refractivity contribution >= 4 is 40.4 Å². The lowest BCUT2D eigenvalue weighted by atomic mass is 9.50. The second kappa shape index (κ2) is 7.34. The number of hydrogen-bond donors (Lipinski definition) is 5. The molecule has 1 amide bonds. The minimum Gasteiger partial charge on any atom is -0.505 e. The summed E-state index contributed by atoms with van der Waals surface area (Å²) in [6.07, 6.45) is -0.693. The number of nitrogens with two attached hydrogens (primary N) is 1. The van der Waals surface area contributed by atoms with Crippen LogP contribution in [0.15, 0.2) is 6.07 Å². The number of anilines is 2. The molecule has 0 spiro atoms. The number of amides is 1. The molecule has 11 heteroatoms. The first-order valence-corrected chi connectivity index (χ1v) is 10.9. The predicted molar refractivity (Wildman–Crippen MR) is 118 cm³/mol. The Balaban J connectivity index is 1.96. The second-order valence-corrected chi connectivity index (χ2v) is 9.72. The molecular weight excluding hydrogens is 446 g/mol. The van der Waals surface area contributed by atoms with Crippen LogP contribution in [0, 0.1) is 23.7 Å². The van der Waals surface area contributed by atoms with Gasteiger partial charge in [-0.15, -0.1) is 0 Å². The predicted octanol–water partition coefficient (Wildman–Crippen LogP) is -0.900. The smallest absolute Gasteiger partial charge is 0.235 e. The van der Waals surface area contributed by atoms with E-state index in [1.165, 1.54) is 14.0 Å². The van der Waals surface area contributed by atoms with Crippen molar-refractivity contribution in [3.05, 3.63) is 17.2 Å². The van der Waals surface area contributed by atoms with Crippen LogP contribution in [0.2, 0.25) is 0 Å². The number of Topliss-reactive ketones (excluding diaryl/α,β-unsaturated/α-hetero) is 4. The van der Waals surface area contributed by atoms with Gasteiger partial charge in [0.05, 0.1) is 22.8 Å². The van der Waals surface area contributed by atoms with Gasteiger partial charge in [0.15, 0.2) is 34.7 Å². The molecule has 11 nitrogen and oxygen atoms in total.